The summed E-state index contributed by atoms with van der Waals surface area (Å²) in [4.78, 5) is 10.5. The van der Waals surface area contributed by atoms with Crippen LogP contribution in [-0.4, -0.2) is 14.5 Å². The maximum absolute atomic E-state index is 6.52. The number of aromatic nitrogens is 3. The van der Waals surface area contributed by atoms with E-state index in [9.17, 15) is 0 Å². The third-order valence-electron chi connectivity index (χ3n) is 14.6. The van der Waals surface area contributed by atoms with E-state index in [0.717, 1.165) is 55.7 Å². The van der Waals surface area contributed by atoms with E-state index in [1.807, 2.05) is 18.2 Å². The molecule has 3 aromatic heterocycles. The molecule has 12 aromatic rings. The van der Waals surface area contributed by atoms with Gasteiger partial charge in [0.15, 0.2) is 5.82 Å². The van der Waals surface area contributed by atoms with Crippen molar-refractivity contribution >= 4 is 65.3 Å². The zero-order valence-corrected chi connectivity index (χ0v) is 35.2. The molecular weight excluding hydrogens is 779 g/mol. The first-order chi connectivity index (χ1) is 31.7. The molecule has 0 unspecified atom stereocenters. The number of hydrogen-bond donors (Lipinski definition) is 0. The number of benzene rings is 9. The normalized spacial score (nSPS) is 14.4. The van der Waals surface area contributed by atoms with Crippen LogP contribution in [0.15, 0.2) is 192 Å². The molecular formula is C60H41N3O. The van der Waals surface area contributed by atoms with E-state index in [1.54, 1.807) is 5.56 Å². The zero-order chi connectivity index (χ0) is 41.9. The fourth-order valence-corrected chi connectivity index (χ4v) is 11.8. The van der Waals surface area contributed by atoms with Gasteiger partial charge in [-0.3, -0.25) is 0 Å². The van der Waals surface area contributed by atoms with Crippen LogP contribution >= 0.6 is 0 Å². The van der Waals surface area contributed by atoms with E-state index in [1.165, 1.54) is 92.1 Å². The van der Waals surface area contributed by atoms with Gasteiger partial charge in [0.25, 0.3) is 0 Å². The molecule has 64 heavy (non-hydrogen) atoms. The van der Waals surface area contributed by atoms with Crippen LogP contribution in [0, 0.1) is 0 Å². The summed E-state index contributed by atoms with van der Waals surface area (Å²) in [6, 6.07) is 68.3. The second-order valence-electron chi connectivity index (χ2n) is 17.9. The predicted octanol–water partition coefficient (Wildman–Crippen LogP) is 16.0. The minimum atomic E-state index is -0.0189. The summed E-state index contributed by atoms with van der Waals surface area (Å²) in [5.74, 6) is 0.636. The van der Waals surface area contributed by atoms with Gasteiger partial charge in [0.05, 0.1) is 28.0 Å². The first-order valence-corrected chi connectivity index (χ1v) is 22.7. The molecule has 0 amide bonds. The van der Waals surface area contributed by atoms with Crippen molar-refractivity contribution in [2.24, 2.45) is 0 Å². The predicted molar refractivity (Wildman–Crippen MR) is 264 cm³/mol. The highest BCUT2D eigenvalue weighted by Gasteiger charge is 2.46. The Kier molecular flexibility index (Phi) is 7.59. The van der Waals surface area contributed by atoms with Gasteiger partial charge in [0.1, 0.15) is 11.2 Å². The van der Waals surface area contributed by atoms with Crippen LogP contribution in [0.3, 0.4) is 0 Å². The van der Waals surface area contributed by atoms with Crippen LogP contribution in [-0.2, 0) is 5.41 Å². The monoisotopic (exact) mass is 819 g/mol. The molecule has 1 spiro atoms. The van der Waals surface area contributed by atoms with Gasteiger partial charge in [0, 0.05) is 54.5 Å². The lowest BCUT2D eigenvalue weighted by Gasteiger charge is -2.36. The van der Waals surface area contributed by atoms with E-state index in [4.69, 9.17) is 14.4 Å². The van der Waals surface area contributed by atoms with Crippen LogP contribution in [0.2, 0.25) is 0 Å². The lowest BCUT2D eigenvalue weighted by atomic mass is 9.66. The molecule has 2 aliphatic rings. The third-order valence-corrected chi connectivity index (χ3v) is 14.6. The molecule has 4 nitrogen and oxygen atoms in total. The summed E-state index contributed by atoms with van der Waals surface area (Å²) in [6.07, 6.45) is 6.14. The molecule has 0 saturated heterocycles. The average molecular weight is 820 g/mol. The van der Waals surface area contributed by atoms with Crippen molar-refractivity contribution in [3.8, 4) is 50.7 Å². The summed E-state index contributed by atoms with van der Waals surface area (Å²) < 4.78 is 9.10. The molecule has 3 heterocycles. The van der Waals surface area contributed by atoms with Gasteiger partial charge in [-0.25, -0.2) is 9.97 Å². The SMILES string of the molecule is c1ccc(-c2cc(-c3ccc(-n4c5c6ccccc6ccc5c5c6c(c7ccccc7c54)-c4ccccc4C64CCCCC4)cc3)nc(-c3cccc4c3oc3ccccc34)n2)cc1. The second-order valence-corrected chi connectivity index (χ2v) is 17.9. The van der Waals surface area contributed by atoms with E-state index in [-0.39, 0.29) is 5.41 Å². The molecule has 4 heteroatoms. The Bertz CT molecular complexity index is 3870. The Morgan fingerprint density at radius 3 is 1.95 bits per heavy atom. The van der Waals surface area contributed by atoms with Crippen LogP contribution in [0.4, 0.5) is 0 Å². The van der Waals surface area contributed by atoms with Gasteiger partial charge >= 0.3 is 0 Å². The third kappa shape index (κ3) is 4.99. The lowest BCUT2D eigenvalue weighted by molar-refractivity contribution is 0.355. The fourth-order valence-electron chi connectivity index (χ4n) is 11.8. The van der Waals surface area contributed by atoms with Gasteiger partial charge in [-0.2, -0.15) is 0 Å². The Hall–Kier alpha value is -7.82. The topological polar surface area (TPSA) is 43.9 Å². The molecule has 0 atom stereocenters. The van der Waals surface area contributed by atoms with Gasteiger partial charge in [-0.15, -0.1) is 0 Å². The number of fused-ring (bicyclic) bond motifs is 17. The summed E-state index contributed by atoms with van der Waals surface area (Å²) in [5.41, 5.74) is 15.9. The smallest absolute Gasteiger partial charge is 0.164 e. The minimum absolute atomic E-state index is 0.0189. The summed E-state index contributed by atoms with van der Waals surface area (Å²) >= 11 is 0. The van der Waals surface area contributed by atoms with Gasteiger partial charge < -0.3 is 8.98 Å². The minimum Gasteiger partial charge on any atom is -0.455 e. The molecule has 1 fully saturated rings. The van der Waals surface area contributed by atoms with Crippen LogP contribution in [0.1, 0.15) is 43.2 Å². The molecule has 9 aromatic carbocycles. The van der Waals surface area contributed by atoms with Crippen LogP contribution in [0.25, 0.3) is 116 Å². The van der Waals surface area contributed by atoms with Gasteiger partial charge in [-0.05, 0) is 76.2 Å². The maximum Gasteiger partial charge on any atom is 0.164 e. The number of furan rings is 1. The second kappa shape index (κ2) is 13.6. The summed E-state index contributed by atoms with van der Waals surface area (Å²) in [7, 11) is 0. The van der Waals surface area contributed by atoms with E-state index in [0.29, 0.717) is 5.82 Å². The quantitative estimate of drug-likeness (QED) is 0.178. The largest absolute Gasteiger partial charge is 0.455 e. The fraction of sp³-hybridized carbons (Fsp3) is 0.100. The Morgan fingerprint density at radius 2 is 1.12 bits per heavy atom. The Labute approximate surface area is 370 Å². The average Bonchev–Trinajstić information content (AvgIpc) is 4.01. The highest BCUT2D eigenvalue weighted by molar-refractivity contribution is 6.29. The molecule has 2 aliphatic carbocycles. The van der Waals surface area contributed by atoms with Crippen molar-refractivity contribution < 1.29 is 4.42 Å². The Morgan fingerprint density at radius 1 is 0.469 bits per heavy atom. The van der Waals surface area contributed by atoms with E-state index >= 15 is 0 Å². The molecule has 0 bridgehead atoms. The first-order valence-electron chi connectivity index (χ1n) is 22.7. The first kappa shape index (κ1) is 35.7. The number of rotatable bonds is 4. The lowest BCUT2D eigenvalue weighted by Crippen LogP contribution is -2.28. The zero-order valence-electron chi connectivity index (χ0n) is 35.2. The van der Waals surface area contributed by atoms with Crippen molar-refractivity contribution in [1.29, 1.82) is 0 Å². The number of hydrogen-bond acceptors (Lipinski definition) is 3. The standard InChI is InChI=1S/C60H41N3O/c1-3-17-38(18-4-1)50-36-51(62-59(61-50)48-25-15-24-45-42-20-10-12-27-52(42)64-58(45)48)39-28-31-40(32-29-39)63-56-41-19-6-5-16-37(41)30-33-47(56)54-55-53(43-21-7-8-22-44(43)57(54)63)46-23-9-11-26-49(46)60(55)34-13-2-14-35-60/h1,3-12,15-33,36H,2,13-14,34-35H2. The number of para-hydroxylation sites is 2. The molecule has 0 aliphatic heterocycles. The molecule has 14 rings (SSSR count). The van der Waals surface area contributed by atoms with Crippen molar-refractivity contribution in [1.82, 2.24) is 14.5 Å². The van der Waals surface area contributed by atoms with E-state index in [2.05, 4.69) is 174 Å². The summed E-state index contributed by atoms with van der Waals surface area (Å²) in [5, 5.41) is 10.0. The molecule has 1 saturated carbocycles. The highest BCUT2D eigenvalue weighted by atomic mass is 16.3. The van der Waals surface area contributed by atoms with Crippen LogP contribution < -0.4 is 0 Å². The molecule has 0 radical (unpaired) electrons. The maximum atomic E-state index is 6.52. The van der Waals surface area contributed by atoms with Crippen molar-refractivity contribution in [3.05, 3.63) is 199 Å². The van der Waals surface area contributed by atoms with Crippen molar-refractivity contribution in [2.75, 3.05) is 0 Å². The van der Waals surface area contributed by atoms with E-state index < -0.39 is 0 Å². The summed E-state index contributed by atoms with van der Waals surface area (Å²) in [6.45, 7) is 0. The van der Waals surface area contributed by atoms with Gasteiger partial charge in [0.2, 0.25) is 0 Å². The molecule has 302 valence electrons. The molecule has 0 N–H and O–H groups in total. The Balaban J connectivity index is 1.02. The number of nitrogens with zero attached hydrogens (tertiary/aromatic N) is 3. The highest BCUT2D eigenvalue weighted by Crippen LogP contribution is 2.61. The van der Waals surface area contributed by atoms with Crippen molar-refractivity contribution in [2.45, 2.75) is 37.5 Å². The van der Waals surface area contributed by atoms with Crippen molar-refractivity contribution in [3.63, 3.8) is 0 Å². The van der Waals surface area contributed by atoms with Gasteiger partial charge in [-0.1, -0.05) is 177 Å². The van der Waals surface area contributed by atoms with Crippen LogP contribution in [0.5, 0.6) is 0 Å².